The zero-order chi connectivity index (χ0) is 25.0. The van der Waals surface area contributed by atoms with Gasteiger partial charge in [-0.05, 0) is 50.1 Å². The van der Waals surface area contributed by atoms with E-state index in [0.717, 1.165) is 93.5 Å². The van der Waals surface area contributed by atoms with Crippen LogP contribution in [0.5, 0.6) is 0 Å². The van der Waals surface area contributed by atoms with Crippen molar-refractivity contribution >= 4 is 28.5 Å². The van der Waals surface area contributed by atoms with E-state index in [1.54, 1.807) is 6.33 Å². The Hall–Kier alpha value is -2.81. The maximum Gasteiger partial charge on any atom is 0.142 e. The Bertz CT molecular complexity index is 1300. The maximum atomic E-state index is 6.25. The fourth-order valence-electron chi connectivity index (χ4n) is 6.60. The molecular weight excluding hydrogens is 484 g/mol. The lowest BCUT2D eigenvalue weighted by atomic mass is 9.79. The van der Waals surface area contributed by atoms with Crippen molar-refractivity contribution in [2.45, 2.75) is 30.8 Å². The predicted molar refractivity (Wildman–Crippen MR) is 148 cm³/mol. The van der Waals surface area contributed by atoms with Crippen LogP contribution < -0.4 is 10.2 Å². The van der Waals surface area contributed by atoms with Gasteiger partial charge in [-0.25, -0.2) is 9.97 Å². The molecule has 8 nitrogen and oxygen atoms in total. The first-order valence-corrected chi connectivity index (χ1v) is 14.0. The van der Waals surface area contributed by atoms with Gasteiger partial charge in [-0.2, -0.15) is 0 Å². The van der Waals surface area contributed by atoms with Crippen molar-refractivity contribution in [3.05, 3.63) is 64.8 Å². The third kappa shape index (κ3) is 4.15. The summed E-state index contributed by atoms with van der Waals surface area (Å²) in [6.45, 7) is 8.85. The molecule has 2 aromatic heterocycles. The average Bonchev–Trinajstić information content (AvgIpc) is 3.50. The van der Waals surface area contributed by atoms with E-state index < -0.39 is 0 Å². The van der Waals surface area contributed by atoms with Gasteiger partial charge in [0.1, 0.15) is 17.8 Å². The standard InChI is InChI=1S/C28H35ClN8/c1-34-14-16-35(17-15-34)11-7-23(20-2-4-21(29)5-3-20)33-25-24-18-37(24)28(25)8-12-36(13-9-28)27-22-6-10-30-26(22)31-19-32-27/h2-6,10,19,23,33H,7-9,11-18H2,1H3,(H,30,31,32). The molecule has 4 aliphatic heterocycles. The number of H-pyrrole nitrogens is 1. The highest BCUT2D eigenvalue weighted by atomic mass is 35.5. The van der Waals surface area contributed by atoms with Gasteiger partial charge in [-0.15, -0.1) is 0 Å². The van der Waals surface area contributed by atoms with Crippen molar-refractivity contribution in [3.8, 4) is 0 Å². The van der Waals surface area contributed by atoms with Gasteiger partial charge in [0.15, 0.2) is 0 Å². The molecule has 0 radical (unpaired) electrons. The molecule has 194 valence electrons. The second-order valence-corrected chi connectivity index (χ2v) is 11.5. The third-order valence-electron chi connectivity index (χ3n) is 8.94. The van der Waals surface area contributed by atoms with Crippen LogP contribution in [0, 0.1) is 0 Å². The van der Waals surface area contributed by atoms with Gasteiger partial charge in [-0.3, -0.25) is 0 Å². The normalized spacial score (nSPS) is 22.3. The molecule has 7 rings (SSSR count). The van der Waals surface area contributed by atoms with Gasteiger partial charge < -0.3 is 29.9 Å². The molecule has 0 amide bonds. The number of piperazine rings is 1. The highest BCUT2D eigenvalue weighted by Crippen LogP contribution is 2.56. The van der Waals surface area contributed by atoms with E-state index in [9.17, 15) is 0 Å². The van der Waals surface area contributed by atoms with Gasteiger partial charge in [0.25, 0.3) is 0 Å². The summed E-state index contributed by atoms with van der Waals surface area (Å²) in [5.74, 6) is 1.05. The summed E-state index contributed by atoms with van der Waals surface area (Å²) in [6.07, 6.45) is 6.94. The summed E-state index contributed by atoms with van der Waals surface area (Å²) in [4.78, 5) is 22.3. The molecule has 1 atom stereocenters. The van der Waals surface area contributed by atoms with Gasteiger partial charge >= 0.3 is 0 Å². The molecule has 1 unspecified atom stereocenters. The molecule has 0 aliphatic carbocycles. The van der Waals surface area contributed by atoms with Crippen LogP contribution in [-0.2, 0) is 0 Å². The Morgan fingerprint density at radius 3 is 2.59 bits per heavy atom. The van der Waals surface area contributed by atoms with E-state index in [-0.39, 0.29) is 5.54 Å². The van der Waals surface area contributed by atoms with E-state index in [0.29, 0.717) is 6.04 Å². The zero-order valence-corrected chi connectivity index (χ0v) is 22.2. The summed E-state index contributed by atoms with van der Waals surface area (Å²) in [7, 11) is 2.22. The largest absolute Gasteiger partial charge is 0.378 e. The molecule has 3 saturated heterocycles. The lowest BCUT2D eigenvalue weighted by Crippen LogP contribution is -2.57. The minimum atomic E-state index is 0.147. The molecule has 37 heavy (non-hydrogen) atoms. The number of piperidine rings is 1. The predicted octanol–water partition coefficient (Wildman–Crippen LogP) is 3.46. The first-order valence-electron chi connectivity index (χ1n) is 13.6. The van der Waals surface area contributed by atoms with Gasteiger partial charge in [0.2, 0.25) is 0 Å². The summed E-state index contributed by atoms with van der Waals surface area (Å²) in [5, 5.41) is 5.99. The minimum Gasteiger partial charge on any atom is -0.378 e. The Morgan fingerprint density at radius 1 is 1.03 bits per heavy atom. The number of hydrogen-bond donors (Lipinski definition) is 2. The number of hydrogen-bond acceptors (Lipinski definition) is 7. The summed E-state index contributed by atoms with van der Waals surface area (Å²) in [5.41, 5.74) is 5.39. The van der Waals surface area contributed by atoms with Crippen LogP contribution in [0.2, 0.25) is 5.02 Å². The Balaban J connectivity index is 1.07. The topological polar surface area (TPSA) is 66.3 Å². The molecule has 3 aromatic rings. The minimum absolute atomic E-state index is 0.147. The Kier molecular flexibility index (Phi) is 5.79. The molecule has 4 aliphatic rings. The number of benzene rings is 1. The lowest BCUT2D eigenvalue weighted by Gasteiger charge is -2.50. The number of aromatic amines is 1. The number of halogens is 1. The number of likely N-dealkylation sites (N-methyl/N-ethyl adjacent to an activating group) is 1. The van der Waals surface area contributed by atoms with Gasteiger partial charge in [0, 0.05) is 57.0 Å². The second kappa shape index (κ2) is 9.19. The first-order chi connectivity index (χ1) is 18.1. The number of rotatable bonds is 7. The average molecular weight is 519 g/mol. The molecule has 9 heteroatoms. The maximum absolute atomic E-state index is 6.25. The monoisotopic (exact) mass is 518 g/mol. The van der Waals surface area contributed by atoms with Crippen LogP contribution in [0.1, 0.15) is 30.9 Å². The molecule has 0 saturated carbocycles. The summed E-state index contributed by atoms with van der Waals surface area (Å²) in [6, 6.07) is 10.8. The second-order valence-electron chi connectivity index (χ2n) is 11.0. The highest BCUT2D eigenvalue weighted by molar-refractivity contribution is 6.30. The van der Waals surface area contributed by atoms with Crippen LogP contribution in [-0.4, -0.2) is 94.6 Å². The van der Waals surface area contributed by atoms with Crippen molar-refractivity contribution in [2.75, 3.05) is 64.3 Å². The van der Waals surface area contributed by atoms with E-state index in [4.69, 9.17) is 11.6 Å². The van der Waals surface area contributed by atoms with Crippen LogP contribution in [0.4, 0.5) is 5.82 Å². The highest BCUT2D eigenvalue weighted by Gasteiger charge is 2.61. The molecule has 2 N–H and O–H groups in total. The van der Waals surface area contributed by atoms with Crippen molar-refractivity contribution < 1.29 is 0 Å². The fraction of sp³-hybridized carbons (Fsp3) is 0.500. The smallest absolute Gasteiger partial charge is 0.142 e. The summed E-state index contributed by atoms with van der Waals surface area (Å²) < 4.78 is 0. The van der Waals surface area contributed by atoms with E-state index in [2.05, 4.69) is 65.1 Å². The van der Waals surface area contributed by atoms with Crippen molar-refractivity contribution in [1.29, 1.82) is 0 Å². The van der Waals surface area contributed by atoms with Gasteiger partial charge in [0.05, 0.1) is 34.9 Å². The van der Waals surface area contributed by atoms with Crippen LogP contribution >= 0.6 is 11.6 Å². The fourth-order valence-corrected chi connectivity index (χ4v) is 6.73. The van der Waals surface area contributed by atoms with Crippen LogP contribution in [0.3, 0.4) is 0 Å². The van der Waals surface area contributed by atoms with Gasteiger partial charge in [-0.1, -0.05) is 23.7 Å². The van der Waals surface area contributed by atoms with Crippen LogP contribution in [0.15, 0.2) is 54.3 Å². The number of nitrogens with zero attached hydrogens (tertiary/aromatic N) is 6. The summed E-state index contributed by atoms with van der Waals surface area (Å²) >= 11 is 6.25. The Morgan fingerprint density at radius 2 is 1.81 bits per heavy atom. The van der Waals surface area contributed by atoms with Crippen molar-refractivity contribution in [3.63, 3.8) is 0 Å². The number of anilines is 1. The number of aromatic nitrogens is 3. The molecule has 0 bridgehead atoms. The SMILES string of the molecule is CN1CCN(CCC(NC2=C3CN3C23CCN(c2ncnc4[nH]ccc24)CC3)c2ccc(Cl)cc2)CC1. The molecule has 1 aromatic carbocycles. The molecule has 6 heterocycles. The van der Waals surface area contributed by atoms with Crippen LogP contribution in [0.25, 0.3) is 11.0 Å². The molecule has 3 fully saturated rings. The van der Waals surface area contributed by atoms with E-state index in [1.807, 2.05) is 18.3 Å². The lowest BCUT2D eigenvalue weighted by molar-refractivity contribution is 0.145. The zero-order valence-electron chi connectivity index (χ0n) is 21.5. The Labute approximate surface area is 223 Å². The van der Waals surface area contributed by atoms with E-state index in [1.165, 1.54) is 17.0 Å². The van der Waals surface area contributed by atoms with E-state index >= 15 is 0 Å². The number of nitrogens with one attached hydrogen (secondary N) is 2. The third-order valence-corrected chi connectivity index (χ3v) is 9.20. The van der Waals surface area contributed by atoms with Crippen molar-refractivity contribution in [2.24, 2.45) is 0 Å². The molecular formula is C28H35ClN8. The van der Waals surface area contributed by atoms with Crippen molar-refractivity contribution in [1.82, 2.24) is 35.0 Å². The number of fused-ring (bicyclic) bond motifs is 3. The molecule has 1 spiro atoms. The quantitative estimate of drug-likeness (QED) is 0.464. The first kappa shape index (κ1) is 23.3.